The van der Waals surface area contributed by atoms with Gasteiger partial charge in [-0.15, -0.1) is 0 Å². The van der Waals surface area contributed by atoms with Crippen molar-refractivity contribution >= 4 is 11.7 Å². The first kappa shape index (κ1) is 14.7. The SMILES string of the molecule is COC(C(=O)Oc1ccccc1[N+](=O)[O-])c1ccccc1. The van der Waals surface area contributed by atoms with E-state index in [1.54, 1.807) is 30.3 Å². The first-order chi connectivity index (χ1) is 10.1. The second-order valence-electron chi connectivity index (χ2n) is 4.17. The van der Waals surface area contributed by atoms with E-state index in [4.69, 9.17) is 9.47 Å². The van der Waals surface area contributed by atoms with Crippen LogP contribution in [0.5, 0.6) is 5.75 Å². The molecule has 1 unspecified atom stereocenters. The second kappa shape index (κ2) is 6.62. The Bertz CT molecular complexity index is 642. The average Bonchev–Trinajstić information content (AvgIpc) is 2.49. The minimum absolute atomic E-state index is 0.106. The van der Waals surface area contributed by atoms with Crippen molar-refractivity contribution in [2.75, 3.05) is 7.11 Å². The minimum Gasteiger partial charge on any atom is -0.417 e. The van der Waals surface area contributed by atoms with Crippen molar-refractivity contribution in [2.45, 2.75) is 6.10 Å². The number of rotatable bonds is 5. The maximum absolute atomic E-state index is 12.1. The Morgan fingerprint density at radius 2 is 1.71 bits per heavy atom. The van der Waals surface area contributed by atoms with Gasteiger partial charge in [0.1, 0.15) is 0 Å². The molecular formula is C15H13NO5. The maximum Gasteiger partial charge on any atom is 0.345 e. The Labute approximate surface area is 121 Å². The monoisotopic (exact) mass is 287 g/mol. The Kier molecular flexibility index (Phi) is 4.63. The van der Waals surface area contributed by atoms with Gasteiger partial charge in [0.25, 0.3) is 0 Å². The van der Waals surface area contributed by atoms with Gasteiger partial charge in [-0.3, -0.25) is 10.1 Å². The van der Waals surface area contributed by atoms with Gasteiger partial charge in [-0.1, -0.05) is 42.5 Å². The van der Waals surface area contributed by atoms with E-state index in [-0.39, 0.29) is 11.4 Å². The molecule has 0 radical (unpaired) electrons. The van der Waals surface area contributed by atoms with Crippen LogP contribution in [0.2, 0.25) is 0 Å². The molecule has 0 spiro atoms. The Hall–Kier alpha value is -2.73. The summed E-state index contributed by atoms with van der Waals surface area (Å²) >= 11 is 0. The highest BCUT2D eigenvalue weighted by atomic mass is 16.6. The van der Waals surface area contributed by atoms with Crippen molar-refractivity contribution in [3.8, 4) is 5.75 Å². The topological polar surface area (TPSA) is 78.7 Å². The molecule has 0 saturated carbocycles. The van der Waals surface area contributed by atoms with Gasteiger partial charge in [0, 0.05) is 13.2 Å². The van der Waals surface area contributed by atoms with Gasteiger partial charge in [-0.2, -0.15) is 0 Å². The number of nitro groups is 1. The molecule has 6 heteroatoms. The lowest BCUT2D eigenvalue weighted by molar-refractivity contribution is -0.385. The third kappa shape index (κ3) is 3.43. The molecule has 0 aromatic heterocycles. The van der Waals surface area contributed by atoms with E-state index < -0.39 is 17.0 Å². The molecule has 2 aromatic carbocycles. The van der Waals surface area contributed by atoms with Crippen molar-refractivity contribution < 1.29 is 19.2 Å². The minimum atomic E-state index is -0.939. The highest BCUT2D eigenvalue weighted by Gasteiger charge is 2.25. The van der Waals surface area contributed by atoms with Crippen molar-refractivity contribution in [1.82, 2.24) is 0 Å². The van der Waals surface area contributed by atoms with Crippen LogP contribution in [0.1, 0.15) is 11.7 Å². The van der Waals surface area contributed by atoms with Crippen LogP contribution in [-0.4, -0.2) is 18.0 Å². The molecule has 0 heterocycles. The molecule has 108 valence electrons. The summed E-state index contributed by atoms with van der Waals surface area (Å²) in [6.45, 7) is 0. The van der Waals surface area contributed by atoms with Gasteiger partial charge in [0.05, 0.1) is 4.92 Å². The molecule has 21 heavy (non-hydrogen) atoms. The fraction of sp³-hybridized carbons (Fsp3) is 0.133. The molecule has 0 fully saturated rings. The van der Waals surface area contributed by atoms with Crippen LogP contribution in [-0.2, 0) is 9.53 Å². The van der Waals surface area contributed by atoms with Crippen molar-refractivity contribution in [1.29, 1.82) is 0 Å². The number of carbonyl (C=O) groups excluding carboxylic acids is 1. The summed E-state index contributed by atoms with van der Waals surface area (Å²) in [7, 11) is 1.37. The number of hydrogen-bond donors (Lipinski definition) is 0. The van der Waals surface area contributed by atoms with Crippen LogP contribution in [0.4, 0.5) is 5.69 Å². The number of esters is 1. The van der Waals surface area contributed by atoms with E-state index in [2.05, 4.69) is 0 Å². The Morgan fingerprint density at radius 1 is 1.10 bits per heavy atom. The van der Waals surface area contributed by atoms with Crippen LogP contribution in [0, 0.1) is 10.1 Å². The largest absolute Gasteiger partial charge is 0.417 e. The highest BCUT2D eigenvalue weighted by molar-refractivity contribution is 5.79. The molecule has 2 rings (SSSR count). The Balaban J connectivity index is 2.23. The second-order valence-corrected chi connectivity index (χ2v) is 4.17. The number of carbonyl (C=O) groups is 1. The first-order valence-corrected chi connectivity index (χ1v) is 6.16. The lowest BCUT2D eigenvalue weighted by Crippen LogP contribution is -2.20. The molecule has 0 aliphatic carbocycles. The molecule has 0 bridgehead atoms. The molecule has 0 aliphatic heterocycles. The lowest BCUT2D eigenvalue weighted by atomic mass is 10.1. The standard InChI is InChI=1S/C15H13NO5/c1-20-14(11-7-3-2-4-8-11)15(17)21-13-10-6-5-9-12(13)16(18)19/h2-10,14H,1H3. The third-order valence-electron chi connectivity index (χ3n) is 2.82. The van der Waals surface area contributed by atoms with Gasteiger partial charge in [0.15, 0.2) is 6.10 Å². The Morgan fingerprint density at radius 3 is 2.33 bits per heavy atom. The number of ether oxygens (including phenoxy) is 2. The molecule has 0 amide bonds. The van der Waals surface area contributed by atoms with Crippen LogP contribution < -0.4 is 4.74 Å². The number of nitro benzene ring substituents is 1. The molecule has 0 aliphatic rings. The van der Waals surface area contributed by atoms with E-state index in [9.17, 15) is 14.9 Å². The van der Waals surface area contributed by atoms with E-state index in [0.717, 1.165) is 0 Å². The normalized spacial score (nSPS) is 11.7. The van der Waals surface area contributed by atoms with Crippen LogP contribution in [0.15, 0.2) is 54.6 Å². The number of para-hydroxylation sites is 2. The highest BCUT2D eigenvalue weighted by Crippen LogP contribution is 2.28. The summed E-state index contributed by atoms with van der Waals surface area (Å²) in [5, 5.41) is 10.9. The van der Waals surface area contributed by atoms with Crippen molar-refractivity contribution in [3.63, 3.8) is 0 Å². The maximum atomic E-state index is 12.1. The van der Waals surface area contributed by atoms with Crippen LogP contribution in [0.3, 0.4) is 0 Å². The van der Waals surface area contributed by atoms with Gasteiger partial charge >= 0.3 is 11.7 Å². The quantitative estimate of drug-likeness (QED) is 0.365. The van der Waals surface area contributed by atoms with Crippen molar-refractivity contribution in [2.24, 2.45) is 0 Å². The van der Waals surface area contributed by atoms with E-state index in [1.165, 1.54) is 25.3 Å². The van der Waals surface area contributed by atoms with Gasteiger partial charge < -0.3 is 9.47 Å². The zero-order chi connectivity index (χ0) is 15.2. The summed E-state index contributed by atoms with van der Waals surface area (Å²) in [5.74, 6) is -0.816. The zero-order valence-corrected chi connectivity index (χ0v) is 11.3. The smallest absolute Gasteiger partial charge is 0.345 e. The zero-order valence-electron chi connectivity index (χ0n) is 11.3. The number of benzene rings is 2. The first-order valence-electron chi connectivity index (χ1n) is 6.16. The van der Waals surface area contributed by atoms with Gasteiger partial charge in [-0.25, -0.2) is 4.79 Å². The van der Waals surface area contributed by atoms with E-state index in [1.807, 2.05) is 6.07 Å². The third-order valence-corrected chi connectivity index (χ3v) is 2.82. The molecular weight excluding hydrogens is 274 g/mol. The molecule has 6 nitrogen and oxygen atoms in total. The number of nitrogens with zero attached hydrogens (tertiary/aromatic N) is 1. The number of hydrogen-bond acceptors (Lipinski definition) is 5. The summed E-state index contributed by atoms with van der Waals surface area (Å²) in [5.41, 5.74) is 0.345. The number of methoxy groups -OCH3 is 1. The van der Waals surface area contributed by atoms with Crippen molar-refractivity contribution in [3.05, 3.63) is 70.3 Å². The van der Waals surface area contributed by atoms with Gasteiger partial charge in [-0.05, 0) is 11.6 Å². The molecule has 1 atom stereocenters. The van der Waals surface area contributed by atoms with Gasteiger partial charge in [0.2, 0.25) is 5.75 Å². The lowest BCUT2D eigenvalue weighted by Gasteiger charge is -2.14. The fourth-order valence-corrected chi connectivity index (χ4v) is 1.85. The predicted octanol–water partition coefficient (Wildman–Crippen LogP) is 2.89. The molecule has 0 N–H and O–H groups in total. The van der Waals surface area contributed by atoms with E-state index >= 15 is 0 Å². The molecule has 2 aromatic rings. The summed E-state index contributed by atoms with van der Waals surface area (Å²) in [6.07, 6.45) is -0.939. The molecule has 0 saturated heterocycles. The predicted molar refractivity (Wildman–Crippen MR) is 74.9 cm³/mol. The average molecular weight is 287 g/mol. The fourth-order valence-electron chi connectivity index (χ4n) is 1.85. The van der Waals surface area contributed by atoms with Crippen LogP contribution in [0.25, 0.3) is 0 Å². The van der Waals surface area contributed by atoms with Crippen LogP contribution >= 0.6 is 0 Å². The van der Waals surface area contributed by atoms with E-state index in [0.29, 0.717) is 5.56 Å². The summed E-state index contributed by atoms with van der Waals surface area (Å²) < 4.78 is 10.2. The summed E-state index contributed by atoms with van der Waals surface area (Å²) in [6, 6.07) is 14.5. The summed E-state index contributed by atoms with van der Waals surface area (Å²) in [4.78, 5) is 22.4.